The Balaban J connectivity index is 2.45. The highest BCUT2D eigenvalue weighted by Gasteiger charge is 2.23. The molecule has 1 saturated heterocycles. The van der Waals surface area contributed by atoms with Gasteiger partial charge in [-0.25, -0.2) is 0 Å². The Labute approximate surface area is 95.4 Å². The Kier molecular flexibility index (Phi) is 5.62. The second-order valence-corrected chi connectivity index (χ2v) is 5.31. The molecule has 1 fully saturated rings. The van der Waals surface area contributed by atoms with Crippen molar-refractivity contribution >= 4 is 0 Å². The number of hydrogen-bond acceptors (Lipinski definition) is 2. The number of nitrogens with zero attached hydrogens (tertiary/aromatic N) is 1. The lowest BCUT2D eigenvalue weighted by atomic mass is 9.99. The smallest absolute Gasteiger partial charge is 0.0223 e. The van der Waals surface area contributed by atoms with Crippen LogP contribution < -0.4 is 5.32 Å². The van der Waals surface area contributed by atoms with E-state index < -0.39 is 0 Å². The minimum atomic E-state index is 0.736. The van der Waals surface area contributed by atoms with Gasteiger partial charge in [0.15, 0.2) is 0 Å². The number of likely N-dealkylation sites (N-methyl/N-ethyl adjacent to an activating group) is 1. The van der Waals surface area contributed by atoms with Gasteiger partial charge >= 0.3 is 0 Å². The van der Waals surface area contributed by atoms with E-state index in [2.05, 4.69) is 37.9 Å². The normalized spacial score (nSPS) is 24.8. The SMILES string of the molecule is CCN(C(C)CC(C)C)C1CCCNC1. The molecule has 1 aliphatic rings. The third kappa shape index (κ3) is 4.12. The molecule has 90 valence electrons. The molecule has 15 heavy (non-hydrogen) atoms. The molecule has 2 unspecified atom stereocenters. The van der Waals surface area contributed by atoms with E-state index in [1.807, 2.05) is 0 Å². The molecule has 2 heteroatoms. The van der Waals surface area contributed by atoms with E-state index in [0.29, 0.717) is 0 Å². The molecule has 0 aromatic heterocycles. The fraction of sp³-hybridized carbons (Fsp3) is 1.00. The van der Waals surface area contributed by atoms with Crippen molar-refractivity contribution in [2.45, 2.75) is 59.0 Å². The molecule has 0 aliphatic carbocycles. The number of piperidine rings is 1. The molecule has 1 N–H and O–H groups in total. The molecule has 0 spiro atoms. The highest BCUT2D eigenvalue weighted by Crippen LogP contribution is 2.17. The lowest BCUT2D eigenvalue weighted by Crippen LogP contribution is -2.49. The molecule has 0 aromatic rings. The van der Waals surface area contributed by atoms with Gasteiger partial charge < -0.3 is 5.32 Å². The molecule has 1 rings (SSSR count). The maximum absolute atomic E-state index is 3.52. The first kappa shape index (κ1) is 13.0. The van der Waals surface area contributed by atoms with Crippen LogP contribution in [0.2, 0.25) is 0 Å². The molecule has 0 amide bonds. The van der Waals surface area contributed by atoms with Gasteiger partial charge in [0.25, 0.3) is 0 Å². The summed E-state index contributed by atoms with van der Waals surface area (Å²) in [5.74, 6) is 0.811. The van der Waals surface area contributed by atoms with Crippen molar-refractivity contribution in [2.24, 2.45) is 5.92 Å². The van der Waals surface area contributed by atoms with Crippen LogP contribution in [0.15, 0.2) is 0 Å². The molecule has 2 nitrogen and oxygen atoms in total. The van der Waals surface area contributed by atoms with E-state index in [-0.39, 0.29) is 0 Å². The molecule has 2 atom stereocenters. The fourth-order valence-corrected chi connectivity index (χ4v) is 2.86. The summed E-state index contributed by atoms with van der Waals surface area (Å²) in [6, 6.07) is 1.51. The van der Waals surface area contributed by atoms with Gasteiger partial charge in [0.1, 0.15) is 0 Å². The Morgan fingerprint density at radius 3 is 2.53 bits per heavy atom. The second-order valence-electron chi connectivity index (χ2n) is 5.31. The number of rotatable bonds is 5. The molecule has 1 heterocycles. The first-order valence-corrected chi connectivity index (χ1v) is 6.61. The van der Waals surface area contributed by atoms with Crippen molar-refractivity contribution in [3.05, 3.63) is 0 Å². The van der Waals surface area contributed by atoms with Crippen LogP contribution in [0.3, 0.4) is 0 Å². The van der Waals surface area contributed by atoms with Crippen molar-refractivity contribution in [3.8, 4) is 0 Å². The Morgan fingerprint density at radius 2 is 2.07 bits per heavy atom. The lowest BCUT2D eigenvalue weighted by Gasteiger charge is -2.38. The van der Waals surface area contributed by atoms with Crippen molar-refractivity contribution in [2.75, 3.05) is 19.6 Å². The first-order valence-electron chi connectivity index (χ1n) is 6.61. The summed E-state index contributed by atoms with van der Waals surface area (Å²) in [6.07, 6.45) is 4.04. The van der Waals surface area contributed by atoms with Crippen molar-refractivity contribution < 1.29 is 0 Å². The zero-order chi connectivity index (χ0) is 11.3. The number of hydrogen-bond donors (Lipinski definition) is 1. The zero-order valence-electron chi connectivity index (χ0n) is 10.9. The lowest BCUT2D eigenvalue weighted by molar-refractivity contribution is 0.114. The maximum Gasteiger partial charge on any atom is 0.0223 e. The summed E-state index contributed by atoms with van der Waals surface area (Å²) in [5, 5.41) is 3.52. The molecule has 0 bridgehead atoms. The van der Waals surface area contributed by atoms with E-state index in [4.69, 9.17) is 0 Å². The second kappa shape index (κ2) is 6.49. The van der Waals surface area contributed by atoms with Crippen LogP contribution >= 0.6 is 0 Å². The topological polar surface area (TPSA) is 15.3 Å². The zero-order valence-corrected chi connectivity index (χ0v) is 10.9. The van der Waals surface area contributed by atoms with Crippen molar-refractivity contribution in [1.82, 2.24) is 10.2 Å². The first-order chi connectivity index (χ1) is 7.15. The van der Waals surface area contributed by atoms with Crippen LogP contribution in [0, 0.1) is 5.92 Å². The van der Waals surface area contributed by atoms with Crippen LogP contribution in [0.1, 0.15) is 47.0 Å². The third-order valence-corrected chi connectivity index (χ3v) is 3.48. The average Bonchev–Trinajstić information content (AvgIpc) is 2.19. The minimum absolute atomic E-state index is 0.736. The monoisotopic (exact) mass is 212 g/mol. The molecule has 0 saturated carbocycles. The minimum Gasteiger partial charge on any atom is -0.315 e. The molecular weight excluding hydrogens is 184 g/mol. The highest BCUT2D eigenvalue weighted by atomic mass is 15.2. The summed E-state index contributed by atoms with van der Waals surface area (Å²) in [4.78, 5) is 2.69. The predicted octanol–water partition coefficient (Wildman–Crippen LogP) is 2.49. The summed E-state index contributed by atoms with van der Waals surface area (Å²) in [7, 11) is 0. The van der Waals surface area contributed by atoms with E-state index in [0.717, 1.165) is 18.0 Å². The summed E-state index contributed by atoms with van der Waals surface area (Å²) < 4.78 is 0. The summed E-state index contributed by atoms with van der Waals surface area (Å²) >= 11 is 0. The Bertz CT molecular complexity index is 162. The van der Waals surface area contributed by atoms with Gasteiger partial charge in [-0.1, -0.05) is 20.8 Å². The molecule has 1 aliphatic heterocycles. The van der Waals surface area contributed by atoms with Crippen LogP contribution in [0.25, 0.3) is 0 Å². The standard InChI is InChI=1S/C13H28N2/c1-5-15(12(4)9-11(2)3)13-7-6-8-14-10-13/h11-14H,5-10H2,1-4H3. The van der Waals surface area contributed by atoms with Crippen molar-refractivity contribution in [3.63, 3.8) is 0 Å². The van der Waals surface area contributed by atoms with Gasteiger partial charge in [0.05, 0.1) is 0 Å². The summed E-state index contributed by atoms with van der Waals surface area (Å²) in [5.41, 5.74) is 0. The average molecular weight is 212 g/mol. The van der Waals surface area contributed by atoms with E-state index in [1.54, 1.807) is 0 Å². The maximum atomic E-state index is 3.52. The molecular formula is C13H28N2. The van der Waals surface area contributed by atoms with Gasteiger partial charge in [-0.3, -0.25) is 4.90 Å². The third-order valence-electron chi connectivity index (χ3n) is 3.48. The Hall–Kier alpha value is -0.0800. The van der Waals surface area contributed by atoms with Crippen LogP contribution in [-0.4, -0.2) is 36.6 Å². The van der Waals surface area contributed by atoms with Crippen LogP contribution in [0.4, 0.5) is 0 Å². The van der Waals surface area contributed by atoms with E-state index >= 15 is 0 Å². The van der Waals surface area contributed by atoms with E-state index in [1.165, 1.54) is 38.9 Å². The van der Waals surface area contributed by atoms with Gasteiger partial charge in [0.2, 0.25) is 0 Å². The predicted molar refractivity (Wildman–Crippen MR) is 67.2 cm³/mol. The van der Waals surface area contributed by atoms with Crippen LogP contribution in [0.5, 0.6) is 0 Å². The van der Waals surface area contributed by atoms with Gasteiger partial charge in [-0.2, -0.15) is 0 Å². The fourth-order valence-electron chi connectivity index (χ4n) is 2.86. The molecule has 0 aromatic carbocycles. The van der Waals surface area contributed by atoms with E-state index in [9.17, 15) is 0 Å². The summed E-state index contributed by atoms with van der Waals surface area (Å²) in [6.45, 7) is 12.9. The molecule has 0 radical (unpaired) electrons. The van der Waals surface area contributed by atoms with Gasteiger partial charge in [-0.05, 0) is 45.2 Å². The van der Waals surface area contributed by atoms with Gasteiger partial charge in [0, 0.05) is 18.6 Å². The largest absolute Gasteiger partial charge is 0.315 e. The van der Waals surface area contributed by atoms with Crippen molar-refractivity contribution in [1.29, 1.82) is 0 Å². The quantitative estimate of drug-likeness (QED) is 0.753. The number of nitrogens with one attached hydrogen (secondary N) is 1. The van der Waals surface area contributed by atoms with Gasteiger partial charge in [-0.15, -0.1) is 0 Å². The highest BCUT2D eigenvalue weighted by molar-refractivity contribution is 4.81. The Morgan fingerprint density at radius 1 is 1.33 bits per heavy atom. The van der Waals surface area contributed by atoms with Crippen LogP contribution in [-0.2, 0) is 0 Å².